The number of carbonyl (C=O) groups excluding carboxylic acids is 2. The van der Waals surface area contributed by atoms with Crippen molar-refractivity contribution in [3.8, 4) is 5.75 Å². The maximum Gasteiger partial charge on any atom is 0.231 e. The predicted molar refractivity (Wildman–Crippen MR) is 83.9 cm³/mol. The number of nitrogens with one attached hydrogen (secondary N) is 1. The molecule has 0 radical (unpaired) electrons. The van der Waals surface area contributed by atoms with Gasteiger partial charge in [0.05, 0.1) is 18.7 Å². The fourth-order valence-electron chi connectivity index (χ4n) is 3.04. The number of nitrogens with zero attached hydrogens (tertiary/aromatic N) is 1. The zero-order valence-electron chi connectivity index (χ0n) is 12.9. The van der Waals surface area contributed by atoms with E-state index >= 15 is 0 Å². The normalized spacial score (nSPS) is 20.8. The van der Waals surface area contributed by atoms with Crippen LogP contribution in [0.1, 0.15) is 31.2 Å². The zero-order valence-corrected chi connectivity index (χ0v) is 12.9. The highest BCUT2D eigenvalue weighted by Gasteiger charge is 2.34. The van der Waals surface area contributed by atoms with Crippen LogP contribution in [-0.2, 0) is 9.59 Å². The van der Waals surface area contributed by atoms with Crippen molar-refractivity contribution in [2.24, 2.45) is 0 Å². The summed E-state index contributed by atoms with van der Waals surface area (Å²) >= 11 is 0. The summed E-state index contributed by atoms with van der Waals surface area (Å²) in [6.07, 6.45) is 3.17. The minimum atomic E-state index is -0.425. The number of methoxy groups -OCH3 is 1. The van der Waals surface area contributed by atoms with Gasteiger partial charge in [0.25, 0.3) is 0 Å². The number of ether oxygens (including phenoxy) is 1. The summed E-state index contributed by atoms with van der Waals surface area (Å²) in [5.41, 5.74) is 2.78. The number of hydrogen-bond acceptors (Lipinski definition) is 3. The third kappa shape index (κ3) is 2.58. The molecule has 5 nitrogen and oxygen atoms in total. The van der Waals surface area contributed by atoms with E-state index in [-0.39, 0.29) is 18.2 Å². The molecule has 0 aromatic heterocycles. The van der Waals surface area contributed by atoms with Gasteiger partial charge in [0.15, 0.2) is 0 Å². The largest absolute Gasteiger partial charge is 0.495 e. The molecule has 3 rings (SSSR count). The average Bonchev–Trinajstić information content (AvgIpc) is 2.53. The number of hydrogen-bond donors (Lipinski definition) is 1. The van der Waals surface area contributed by atoms with E-state index in [9.17, 15) is 9.59 Å². The Morgan fingerprint density at radius 3 is 2.91 bits per heavy atom. The molecule has 0 fully saturated rings. The third-order valence-corrected chi connectivity index (χ3v) is 4.35. The van der Waals surface area contributed by atoms with E-state index in [0.717, 1.165) is 18.5 Å². The summed E-state index contributed by atoms with van der Waals surface area (Å²) < 4.78 is 5.30. The maximum atomic E-state index is 12.8. The van der Waals surface area contributed by atoms with E-state index in [4.69, 9.17) is 4.74 Å². The van der Waals surface area contributed by atoms with Crippen LogP contribution in [0.5, 0.6) is 5.75 Å². The Balaban J connectivity index is 1.92. The minimum Gasteiger partial charge on any atom is -0.495 e. The Labute approximate surface area is 129 Å². The molecule has 2 aliphatic rings. The Morgan fingerprint density at radius 1 is 1.41 bits per heavy atom. The number of anilines is 1. The third-order valence-electron chi connectivity index (χ3n) is 4.35. The number of fused-ring (bicyclic) bond motifs is 1. The molecule has 2 amide bonds. The first-order valence-electron chi connectivity index (χ1n) is 7.51. The number of carbonyl (C=O) groups is 2. The highest BCUT2D eigenvalue weighted by Crippen LogP contribution is 2.39. The Kier molecular flexibility index (Phi) is 3.88. The van der Waals surface area contributed by atoms with E-state index in [1.54, 1.807) is 13.2 Å². The molecule has 0 unspecified atom stereocenters. The van der Waals surface area contributed by atoms with Crippen LogP contribution in [0.25, 0.3) is 0 Å². The summed E-state index contributed by atoms with van der Waals surface area (Å²) in [5.74, 6) is 0.0515. The first-order chi connectivity index (χ1) is 10.6. The predicted octanol–water partition coefficient (Wildman–Crippen LogP) is 2.30. The number of para-hydroxylation sites is 1. The Hall–Kier alpha value is -2.30. The molecule has 22 heavy (non-hydrogen) atoms. The molecule has 0 spiro atoms. The number of amides is 2. The maximum absolute atomic E-state index is 12.8. The Morgan fingerprint density at radius 2 is 2.23 bits per heavy atom. The lowest BCUT2D eigenvalue weighted by Gasteiger charge is -2.32. The molecule has 1 aromatic rings. The smallest absolute Gasteiger partial charge is 0.231 e. The van der Waals surface area contributed by atoms with Gasteiger partial charge in [-0.25, -0.2) is 0 Å². The van der Waals surface area contributed by atoms with Crippen molar-refractivity contribution in [1.29, 1.82) is 0 Å². The average molecular weight is 300 g/mol. The molecule has 0 saturated heterocycles. The Bertz CT molecular complexity index is 651. The molecular formula is C17H20N2O3. The van der Waals surface area contributed by atoms with Crippen molar-refractivity contribution in [1.82, 2.24) is 4.90 Å². The summed E-state index contributed by atoms with van der Waals surface area (Å²) in [4.78, 5) is 26.7. The van der Waals surface area contributed by atoms with Crippen molar-refractivity contribution in [2.75, 3.05) is 25.5 Å². The SMILES string of the molecule is COc1cccc2c1NC(=O)C[C@H]2C(=O)N1CC=C(C)CC1. The van der Waals surface area contributed by atoms with E-state index in [1.165, 1.54) is 5.57 Å². The van der Waals surface area contributed by atoms with Crippen LogP contribution >= 0.6 is 0 Å². The molecule has 0 aliphatic carbocycles. The summed E-state index contributed by atoms with van der Waals surface area (Å²) in [5, 5.41) is 2.83. The number of benzene rings is 1. The van der Waals surface area contributed by atoms with Crippen LogP contribution < -0.4 is 10.1 Å². The molecule has 1 atom stereocenters. The first-order valence-corrected chi connectivity index (χ1v) is 7.51. The van der Waals surface area contributed by atoms with Crippen LogP contribution in [0.15, 0.2) is 29.8 Å². The van der Waals surface area contributed by atoms with Crippen LogP contribution in [0, 0.1) is 0 Å². The van der Waals surface area contributed by atoms with Crippen molar-refractivity contribution in [3.63, 3.8) is 0 Å². The zero-order chi connectivity index (χ0) is 15.7. The summed E-state index contributed by atoms with van der Waals surface area (Å²) in [7, 11) is 1.56. The molecule has 0 saturated carbocycles. The van der Waals surface area contributed by atoms with Crippen molar-refractivity contribution in [3.05, 3.63) is 35.4 Å². The van der Waals surface area contributed by atoms with Gasteiger partial charge in [-0.05, 0) is 25.0 Å². The molecule has 1 N–H and O–H groups in total. The van der Waals surface area contributed by atoms with Gasteiger partial charge in [0, 0.05) is 19.5 Å². The van der Waals surface area contributed by atoms with Crippen LogP contribution in [0.2, 0.25) is 0 Å². The van der Waals surface area contributed by atoms with Gasteiger partial charge in [-0.2, -0.15) is 0 Å². The van der Waals surface area contributed by atoms with Gasteiger partial charge >= 0.3 is 0 Å². The van der Waals surface area contributed by atoms with Gasteiger partial charge in [0.2, 0.25) is 11.8 Å². The number of rotatable bonds is 2. The van der Waals surface area contributed by atoms with Crippen molar-refractivity contribution >= 4 is 17.5 Å². The van der Waals surface area contributed by atoms with Crippen LogP contribution in [-0.4, -0.2) is 36.9 Å². The monoisotopic (exact) mass is 300 g/mol. The van der Waals surface area contributed by atoms with Crippen LogP contribution in [0.4, 0.5) is 5.69 Å². The second-order valence-corrected chi connectivity index (χ2v) is 5.81. The van der Waals surface area contributed by atoms with E-state index in [2.05, 4.69) is 18.3 Å². The standard InChI is InChI=1S/C17H20N2O3/c1-11-6-8-19(9-7-11)17(21)13-10-15(20)18-16-12(13)4-3-5-14(16)22-2/h3-6,13H,7-10H2,1-2H3,(H,18,20)/t13-/m1/s1. The highest BCUT2D eigenvalue weighted by molar-refractivity contribution is 6.02. The van der Waals surface area contributed by atoms with E-state index in [0.29, 0.717) is 18.0 Å². The van der Waals surface area contributed by atoms with Crippen molar-refractivity contribution < 1.29 is 14.3 Å². The molecule has 1 aromatic carbocycles. The summed E-state index contributed by atoms with van der Waals surface area (Å²) in [6.45, 7) is 3.43. The van der Waals surface area contributed by atoms with Gasteiger partial charge in [-0.3, -0.25) is 9.59 Å². The molecule has 0 bridgehead atoms. The highest BCUT2D eigenvalue weighted by atomic mass is 16.5. The topological polar surface area (TPSA) is 58.6 Å². The van der Waals surface area contributed by atoms with Crippen LogP contribution in [0.3, 0.4) is 0 Å². The first kappa shape index (κ1) is 14.6. The van der Waals surface area contributed by atoms with Gasteiger partial charge in [-0.15, -0.1) is 0 Å². The molecule has 2 aliphatic heterocycles. The lowest BCUT2D eigenvalue weighted by molar-refractivity contribution is -0.134. The fourth-order valence-corrected chi connectivity index (χ4v) is 3.04. The molecule has 2 heterocycles. The van der Waals surface area contributed by atoms with Gasteiger partial charge in [0.1, 0.15) is 5.75 Å². The van der Waals surface area contributed by atoms with Gasteiger partial charge < -0.3 is 15.0 Å². The van der Waals surface area contributed by atoms with E-state index < -0.39 is 5.92 Å². The van der Waals surface area contributed by atoms with Crippen molar-refractivity contribution in [2.45, 2.75) is 25.7 Å². The molecule has 116 valence electrons. The summed E-state index contributed by atoms with van der Waals surface area (Å²) in [6, 6.07) is 5.54. The fraction of sp³-hybridized carbons (Fsp3) is 0.412. The van der Waals surface area contributed by atoms with Gasteiger partial charge in [-0.1, -0.05) is 23.8 Å². The lowest BCUT2D eigenvalue weighted by atomic mass is 9.88. The second-order valence-electron chi connectivity index (χ2n) is 5.81. The minimum absolute atomic E-state index is 0.0214. The second kappa shape index (κ2) is 5.83. The molecule has 5 heteroatoms. The quantitative estimate of drug-likeness (QED) is 0.853. The molecular weight excluding hydrogens is 280 g/mol. The lowest BCUT2D eigenvalue weighted by Crippen LogP contribution is -2.40. The van der Waals surface area contributed by atoms with E-state index in [1.807, 2.05) is 17.0 Å².